The maximum Gasteiger partial charge on any atom is 0.345 e. The van der Waals surface area contributed by atoms with Gasteiger partial charge in [-0.1, -0.05) is 0 Å². The first kappa shape index (κ1) is 23.5. The molecule has 0 aromatic heterocycles. The predicted octanol–water partition coefficient (Wildman–Crippen LogP) is 2.64. The maximum absolute atomic E-state index is 12.4. The van der Waals surface area contributed by atoms with Gasteiger partial charge in [-0.2, -0.15) is 0 Å². The number of nitro groups is 1. The molecule has 0 unspecified atom stereocenters. The minimum absolute atomic E-state index is 0.118. The molecule has 0 bridgehead atoms. The van der Waals surface area contributed by atoms with E-state index in [0.717, 1.165) is 6.07 Å². The van der Waals surface area contributed by atoms with Crippen LogP contribution in [0.5, 0.6) is 11.5 Å². The first-order valence-corrected chi connectivity index (χ1v) is 10.3. The molecule has 33 heavy (non-hydrogen) atoms. The molecular weight excluding hydrogens is 434 g/mol. The van der Waals surface area contributed by atoms with E-state index in [0.29, 0.717) is 24.3 Å². The Morgan fingerprint density at radius 2 is 1.67 bits per heavy atom. The molecule has 11 nitrogen and oxygen atoms in total. The van der Waals surface area contributed by atoms with Gasteiger partial charge in [0.2, 0.25) is 0 Å². The zero-order valence-corrected chi connectivity index (χ0v) is 18.2. The Morgan fingerprint density at radius 3 is 2.24 bits per heavy atom. The number of hydrogen-bond acceptors (Lipinski definition) is 8. The number of benzene rings is 2. The van der Waals surface area contributed by atoms with E-state index in [-0.39, 0.29) is 36.2 Å². The highest BCUT2D eigenvalue weighted by atomic mass is 16.6. The van der Waals surface area contributed by atoms with E-state index in [1.54, 1.807) is 29.2 Å². The van der Waals surface area contributed by atoms with Crippen molar-refractivity contribution in [2.45, 2.75) is 13.8 Å². The minimum Gasteiger partial charge on any atom is -0.486 e. The highest BCUT2D eigenvalue weighted by Gasteiger charge is 2.27. The molecule has 1 aliphatic heterocycles. The highest BCUT2D eigenvalue weighted by molar-refractivity contribution is 5.99. The number of nitrogens with zero attached hydrogens (tertiary/aromatic N) is 2. The molecule has 0 saturated heterocycles. The van der Waals surface area contributed by atoms with Gasteiger partial charge in [-0.3, -0.25) is 19.7 Å². The number of hydrogen-bond donors (Lipinski definition) is 1. The Bertz CT molecular complexity index is 1060. The van der Waals surface area contributed by atoms with Gasteiger partial charge in [0.15, 0.2) is 18.1 Å². The van der Waals surface area contributed by atoms with Gasteiger partial charge < -0.3 is 24.4 Å². The number of rotatable bonds is 8. The third-order valence-electron chi connectivity index (χ3n) is 4.88. The van der Waals surface area contributed by atoms with Crippen LogP contribution in [-0.2, 0) is 9.53 Å². The standard InChI is InChI=1S/C22H23N3O8/c1-3-24(4-2)21(27)14-5-7-15(8-6-14)23-20(26)13-33-22(28)16-11-18-19(32-10-9-31-18)12-17(16)25(29)30/h5-8,11-12H,3-4,9-10,13H2,1-2H3,(H,23,26). The van der Waals surface area contributed by atoms with Crippen molar-refractivity contribution in [1.29, 1.82) is 0 Å². The highest BCUT2D eigenvalue weighted by Crippen LogP contribution is 2.36. The zero-order valence-electron chi connectivity index (χ0n) is 18.2. The Hall–Kier alpha value is -4.15. The van der Waals surface area contributed by atoms with Crippen LogP contribution in [0.1, 0.15) is 34.6 Å². The Kier molecular flexibility index (Phi) is 7.44. The zero-order chi connectivity index (χ0) is 24.0. The fourth-order valence-electron chi connectivity index (χ4n) is 3.19. The van der Waals surface area contributed by atoms with Crippen LogP contribution in [0.25, 0.3) is 0 Å². The van der Waals surface area contributed by atoms with Gasteiger partial charge in [0.05, 0.1) is 11.0 Å². The summed E-state index contributed by atoms with van der Waals surface area (Å²) >= 11 is 0. The van der Waals surface area contributed by atoms with E-state index in [2.05, 4.69) is 5.32 Å². The molecular formula is C22H23N3O8. The lowest BCUT2D eigenvalue weighted by molar-refractivity contribution is -0.385. The average Bonchev–Trinajstić information content (AvgIpc) is 2.82. The van der Waals surface area contributed by atoms with Gasteiger partial charge in [-0.15, -0.1) is 0 Å². The fraction of sp³-hybridized carbons (Fsp3) is 0.318. The number of anilines is 1. The van der Waals surface area contributed by atoms with Crippen LogP contribution in [0.15, 0.2) is 36.4 Å². The van der Waals surface area contributed by atoms with Crippen LogP contribution >= 0.6 is 0 Å². The van der Waals surface area contributed by atoms with Crippen molar-refractivity contribution in [2.75, 3.05) is 38.2 Å². The van der Waals surface area contributed by atoms with Crippen molar-refractivity contribution in [2.24, 2.45) is 0 Å². The van der Waals surface area contributed by atoms with E-state index < -0.39 is 29.1 Å². The fourth-order valence-corrected chi connectivity index (χ4v) is 3.19. The summed E-state index contributed by atoms with van der Waals surface area (Å²) in [5, 5.41) is 13.9. The number of fused-ring (bicyclic) bond motifs is 1. The van der Waals surface area contributed by atoms with Crippen molar-refractivity contribution < 1.29 is 33.5 Å². The second-order valence-corrected chi connectivity index (χ2v) is 6.95. The molecule has 0 atom stereocenters. The van der Waals surface area contributed by atoms with E-state index in [1.807, 2.05) is 13.8 Å². The molecule has 174 valence electrons. The van der Waals surface area contributed by atoms with Crippen LogP contribution in [0, 0.1) is 10.1 Å². The van der Waals surface area contributed by atoms with Crippen LogP contribution in [0.3, 0.4) is 0 Å². The number of nitro benzene ring substituents is 1. The molecule has 0 aliphatic carbocycles. The summed E-state index contributed by atoms with van der Waals surface area (Å²) in [6, 6.07) is 8.54. The van der Waals surface area contributed by atoms with E-state index in [9.17, 15) is 24.5 Å². The predicted molar refractivity (Wildman–Crippen MR) is 117 cm³/mol. The van der Waals surface area contributed by atoms with Gasteiger partial charge in [-0.05, 0) is 38.1 Å². The Labute approximate surface area is 189 Å². The van der Waals surface area contributed by atoms with Gasteiger partial charge in [0.25, 0.3) is 17.5 Å². The lowest BCUT2D eigenvalue weighted by Gasteiger charge is -2.19. The normalized spacial score (nSPS) is 11.9. The van der Waals surface area contributed by atoms with E-state index in [4.69, 9.17) is 14.2 Å². The number of carbonyl (C=O) groups is 3. The molecule has 1 N–H and O–H groups in total. The molecule has 11 heteroatoms. The SMILES string of the molecule is CCN(CC)C(=O)c1ccc(NC(=O)COC(=O)c2cc3c(cc2[N+](=O)[O-])OCCO3)cc1. The van der Waals surface area contributed by atoms with Crippen molar-refractivity contribution in [3.05, 3.63) is 57.6 Å². The Morgan fingerprint density at radius 1 is 1.06 bits per heavy atom. The second-order valence-electron chi connectivity index (χ2n) is 6.95. The third kappa shape index (κ3) is 5.56. The maximum atomic E-state index is 12.4. The van der Waals surface area contributed by atoms with Crippen LogP contribution in [-0.4, -0.2) is 60.5 Å². The van der Waals surface area contributed by atoms with Crippen molar-refractivity contribution >= 4 is 29.2 Å². The summed E-state index contributed by atoms with van der Waals surface area (Å²) in [5.74, 6) is -1.47. The average molecular weight is 457 g/mol. The van der Waals surface area contributed by atoms with Gasteiger partial charge >= 0.3 is 5.97 Å². The van der Waals surface area contributed by atoms with Crippen molar-refractivity contribution in [3.63, 3.8) is 0 Å². The smallest absolute Gasteiger partial charge is 0.345 e. The number of amides is 2. The summed E-state index contributed by atoms with van der Waals surface area (Å²) in [6.07, 6.45) is 0. The van der Waals surface area contributed by atoms with Crippen LogP contribution in [0.4, 0.5) is 11.4 Å². The van der Waals surface area contributed by atoms with Crippen molar-refractivity contribution in [3.8, 4) is 11.5 Å². The largest absolute Gasteiger partial charge is 0.486 e. The first-order chi connectivity index (χ1) is 15.8. The topological polar surface area (TPSA) is 137 Å². The number of nitrogens with one attached hydrogen (secondary N) is 1. The molecule has 0 fully saturated rings. The van der Waals surface area contributed by atoms with Gasteiger partial charge in [0.1, 0.15) is 18.8 Å². The summed E-state index contributed by atoms with van der Waals surface area (Å²) in [4.78, 5) is 49.2. The molecule has 0 saturated carbocycles. The molecule has 2 aromatic rings. The molecule has 3 rings (SSSR count). The summed E-state index contributed by atoms with van der Waals surface area (Å²) < 4.78 is 15.6. The summed E-state index contributed by atoms with van der Waals surface area (Å²) in [5.41, 5.74) is 0.0148. The minimum atomic E-state index is -1.05. The number of ether oxygens (including phenoxy) is 3. The molecule has 2 aromatic carbocycles. The van der Waals surface area contributed by atoms with E-state index in [1.165, 1.54) is 6.07 Å². The molecule has 1 aliphatic rings. The number of esters is 1. The van der Waals surface area contributed by atoms with E-state index >= 15 is 0 Å². The lowest BCUT2D eigenvalue weighted by Crippen LogP contribution is -2.30. The summed E-state index contributed by atoms with van der Waals surface area (Å²) in [7, 11) is 0. The second kappa shape index (κ2) is 10.4. The quantitative estimate of drug-likeness (QED) is 0.363. The van der Waals surface area contributed by atoms with Crippen LogP contribution < -0.4 is 14.8 Å². The Balaban J connectivity index is 1.61. The third-order valence-corrected chi connectivity index (χ3v) is 4.88. The molecule has 2 amide bonds. The monoisotopic (exact) mass is 457 g/mol. The van der Waals surface area contributed by atoms with Gasteiger partial charge in [-0.25, -0.2) is 4.79 Å². The lowest BCUT2D eigenvalue weighted by atomic mass is 10.1. The van der Waals surface area contributed by atoms with Gasteiger partial charge in [0, 0.05) is 30.4 Å². The molecule has 0 radical (unpaired) electrons. The van der Waals surface area contributed by atoms with Crippen molar-refractivity contribution in [1.82, 2.24) is 4.90 Å². The number of carbonyl (C=O) groups excluding carboxylic acids is 3. The van der Waals surface area contributed by atoms with Crippen LogP contribution in [0.2, 0.25) is 0 Å². The molecule has 1 heterocycles. The first-order valence-electron chi connectivity index (χ1n) is 10.3. The summed E-state index contributed by atoms with van der Waals surface area (Å²) in [6.45, 7) is 4.75. The molecule has 0 spiro atoms.